The average molecular weight is 329 g/mol. The summed E-state index contributed by atoms with van der Waals surface area (Å²) in [5, 5.41) is 11.6. The Labute approximate surface area is 120 Å². The summed E-state index contributed by atoms with van der Waals surface area (Å²) in [6.45, 7) is 2.03. The van der Waals surface area contributed by atoms with Gasteiger partial charge in [0.15, 0.2) is 0 Å². The first-order valence-corrected chi connectivity index (χ1v) is 6.84. The van der Waals surface area contributed by atoms with E-state index in [1.807, 2.05) is 6.92 Å². The number of halogens is 1. The Morgan fingerprint density at radius 3 is 2.74 bits per heavy atom. The molecule has 0 aromatic heterocycles. The van der Waals surface area contributed by atoms with Crippen molar-refractivity contribution in [1.82, 2.24) is 0 Å². The lowest BCUT2D eigenvalue weighted by Gasteiger charge is -2.12. The summed E-state index contributed by atoms with van der Waals surface area (Å²) in [7, 11) is 0. The van der Waals surface area contributed by atoms with Crippen LogP contribution in [0.2, 0.25) is 0 Å². The van der Waals surface area contributed by atoms with E-state index in [2.05, 4.69) is 21.2 Å². The van der Waals surface area contributed by atoms with Crippen molar-refractivity contribution in [2.45, 2.75) is 32.2 Å². The minimum Gasteiger partial charge on any atom is -0.478 e. The van der Waals surface area contributed by atoms with Crippen molar-refractivity contribution in [1.29, 1.82) is 0 Å². The number of unbranched alkanes of at least 4 members (excludes halogenated alkanes) is 1. The van der Waals surface area contributed by atoms with Crippen molar-refractivity contribution in [2.24, 2.45) is 5.73 Å². The van der Waals surface area contributed by atoms with Crippen LogP contribution in [0.5, 0.6) is 0 Å². The molecule has 1 aromatic carbocycles. The molecule has 0 aliphatic carbocycles. The van der Waals surface area contributed by atoms with Gasteiger partial charge in [0.05, 0.1) is 11.6 Å². The van der Waals surface area contributed by atoms with E-state index in [4.69, 9.17) is 10.8 Å². The smallest absolute Gasteiger partial charge is 0.336 e. The Morgan fingerprint density at radius 2 is 2.16 bits per heavy atom. The highest BCUT2D eigenvalue weighted by atomic mass is 79.9. The Kier molecular flexibility index (Phi) is 5.98. The van der Waals surface area contributed by atoms with Crippen LogP contribution < -0.4 is 11.1 Å². The van der Waals surface area contributed by atoms with Gasteiger partial charge < -0.3 is 16.2 Å². The molecule has 1 amide bonds. The van der Waals surface area contributed by atoms with Gasteiger partial charge in [-0.25, -0.2) is 4.79 Å². The van der Waals surface area contributed by atoms with E-state index in [-0.39, 0.29) is 11.5 Å². The average Bonchev–Trinajstić information content (AvgIpc) is 2.37. The van der Waals surface area contributed by atoms with Crippen LogP contribution in [0, 0.1) is 0 Å². The molecule has 5 nitrogen and oxygen atoms in total. The van der Waals surface area contributed by atoms with E-state index in [0.717, 1.165) is 12.8 Å². The lowest BCUT2D eigenvalue weighted by atomic mass is 10.1. The summed E-state index contributed by atoms with van der Waals surface area (Å²) in [6.07, 6.45) is 2.47. The van der Waals surface area contributed by atoms with Crippen LogP contribution in [0.1, 0.15) is 36.5 Å². The quantitative estimate of drug-likeness (QED) is 0.748. The number of hydrogen-bond acceptors (Lipinski definition) is 3. The molecule has 6 heteroatoms. The van der Waals surface area contributed by atoms with Gasteiger partial charge >= 0.3 is 5.97 Å². The molecular formula is C13H17BrN2O3. The van der Waals surface area contributed by atoms with Crippen LogP contribution in [-0.4, -0.2) is 23.0 Å². The number of benzene rings is 1. The Morgan fingerprint density at radius 1 is 1.47 bits per heavy atom. The molecule has 19 heavy (non-hydrogen) atoms. The summed E-state index contributed by atoms with van der Waals surface area (Å²) < 4.78 is 0.466. The first-order chi connectivity index (χ1) is 8.95. The van der Waals surface area contributed by atoms with Gasteiger partial charge in [0.1, 0.15) is 0 Å². The standard InChI is InChI=1S/C13H17BrN2O3/c1-2-3-4-11(15)12(17)16-8-5-6-10(14)9(7-8)13(18)19/h5-7,11H,2-4,15H2,1H3,(H,16,17)(H,18,19)/t11-/m0/s1. The highest BCUT2D eigenvalue weighted by molar-refractivity contribution is 9.10. The van der Waals surface area contributed by atoms with E-state index in [0.29, 0.717) is 16.6 Å². The molecule has 0 saturated heterocycles. The molecule has 0 bridgehead atoms. The van der Waals surface area contributed by atoms with Crippen molar-refractivity contribution in [3.05, 3.63) is 28.2 Å². The van der Waals surface area contributed by atoms with Gasteiger partial charge in [0.25, 0.3) is 0 Å². The van der Waals surface area contributed by atoms with Crippen molar-refractivity contribution < 1.29 is 14.7 Å². The van der Waals surface area contributed by atoms with E-state index in [9.17, 15) is 9.59 Å². The highest BCUT2D eigenvalue weighted by Crippen LogP contribution is 2.21. The number of aromatic carboxylic acids is 1. The monoisotopic (exact) mass is 328 g/mol. The van der Waals surface area contributed by atoms with Gasteiger partial charge in [-0.2, -0.15) is 0 Å². The number of rotatable bonds is 6. The number of anilines is 1. The summed E-state index contributed by atoms with van der Waals surface area (Å²) in [5.41, 5.74) is 6.27. The molecule has 0 radical (unpaired) electrons. The van der Waals surface area contributed by atoms with Crippen molar-refractivity contribution in [3.63, 3.8) is 0 Å². The number of hydrogen-bond donors (Lipinski definition) is 3. The van der Waals surface area contributed by atoms with Crippen LogP contribution in [0.25, 0.3) is 0 Å². The minimum absolute atomic E-state index is 0.0972. The summed E-state index contributed by atoms with van der Waals surface area (Å²) >= 11 is 3.14. The molecule has 0 saturated carbocycles. The maximum absolute atomic E-state index is 11.8. The van der Waals surface area contributed by atoms with Crippen LogP contribution in [0.4, 0.5) is 5.69 Å². The molecule has 1 aromatic rings. The molecule has 1 rings (SSSR count). The number of carbonyl (C=O) groups excluding carboxylic acids is 1. The van der Waals surface area contributed by atoms with E-state index < -0.39 is 12.0 Å². The van der Waals surface area contributed by atoms with Crippen LogP contribution in [-0.2, 0) is 4.79 Å². The van der Waals surface area contributed by atoms with Gasteiger partial charge in [0.2, 0.25) is 5.91 Å². The number of carboxylic acids is 1. The first kappa shape index (κ1) is 15.7. The van der Waals surface area contributed by atoms with E-state index in [1.165, 1.54) is 6.07 Å². The largest absolute Gasteiger partial charge is 0.478 e. The van der Waals surface area contributed by atoms with Crippen LogP contribution in [0.15, 0.2) is 22.7 Å². The maximum Gasteiger partial charge on any atom is 0.336 e. The SMILES string of the molecule is CCCC[C@H](N)C(=O)Nc1ccc(Br)c(C(=O)O)c1. The zero-order valence-electron chi connectivity index (χ0n) is 10.6. The third kappa shape index (κ3) is 4.65. The Balaban J connectivity index is 2.74. The van der Waals surface area contributed by atoms with Gasteiger partial charge in [-0.1, -0.05) is 19.8 Å². The number of nitrogens with one attached hydrogen (secondary N) is 1. The fraction of sp³-hybridized carbons (Fsp3) is 0.385. The van der Waals surface area contributed by atoms with Crippen LogP contribution >= 0.6 is 15.9 Å². The molecule has 0 aliphatic heterocycles. The molecular weight excluding hydrogens is 312 g/mol. The minimum atomic E-state index is -1.06. The second-order valence-electron chi connectivity index (χ2n) is 4.24. The second-order valence-corrected chi connectivity index (χ2v) is 5.09. The van der Waals surface area contributed by atoms with Gasteiger partial charge in [-0.3, -0.25) is 4.79 Å². The fourth-order valence-electron chi connectivity index (χ4n) is 1.56. The second kappa shape index (κ2) is 7.25. The van der Waals surface area contributed by atoms with E-state index in [1.54, 1.807) is 12.1 Å². The fourth-order valence-corrected chi connectivity index (χ4v) is 1.97. The third-order valence-corrected chi connectivity index (χ3v) is 3.36. The molecule has 0 spiro atoms. The summed E-state index contributed by atoms with van der Waals surface area (Å²) in [6, 6.07) is 4.03. The molecule has 0 unspecified atom stereocenters. The summed E-state index contributed by atoms with van der Waals surface area (Å²) in [4.78, 5) is 22.8. The maximum atomic E-state index is 11.8. The molecule has 0 fully saturated rings. The highest BCUT2D eigenvalue weighted by Gasteiger charge is 2.14. The van der Waals surface area contributed by atoms with Gasteiger partial charge in [-0.05, 0) is 40.5 Å². The topological polar surface area (TPSA) is 92.4 Å². The zero-order valence-corrected chi connectivity index (χ0v) is 12.2. The van der Waals surface area contributed by atoms with Crippen molar-refractivity contribution in [2.75, 3.05) is 5.32 Å². The normalized spacial score (nSPS) is 11.9. The number of carbonyl (C=O) groups is 2. The third-order valence-electron chi connectivity index (χ3n) is 2.67. The molecule has 104 valence electrons. The molecule has 4 N–H and O–H groups in total. The Bertz CT molecular complexity index is 477. The van der Waals surface area contributed by atoms with Crippen molar-refractivity contribution in [3.8, 4) is 0 Å². The lowest BCUT2D eigenvalue weighted by Crippen LogP contribution is -2.35. The number of amides is 1. The summed E-state index contributed by atoms with van der Waals surface area (Å²) in [5.74, 6) is -1.36. The molecule has 0 heterocycles. The lowest BCUT2D eigenvalue weighted by molar-refractivity contribution is -0.117. The number of carboxylic acid groups (broad SMARTS) is 1. The van der Waals surface area contributed by atoms with Gasteiger partial charge in [0, 0.05) is 10.2 Å². The predicted molar refractivity (Wildman–Crippen MR) is 77.2 cm³/mol. The Hall–Kier alpha value is -1.40. The molecule has 0 aliphatic rings. The first-order valence-electron chi connectivity index (χ1n) is 6.05. The molecule has 1 atom stereocenters. The van der Waals surface area contributed by atoms with E-state index >= 15 is 0 Å². The van der Waals surface area contributed by atoms with Gasteiger partial charge in [-0.15, -0.1) is 0 Å². The van der Waals surface area contributed by atoms with Crippen molar-refractivity contribution >= 4 is 33.5 Å². The predicted octanol–water partition coefficient (Wildman–Crippen LogP) is 2.60. The zero-order chi connectivity index (χ0) is 14.4. The number of nitrogens with two attached hydrogens (primary N) is 1. The van der Waals surface area contributed by atoms with Crippen LogP contribution in [0.3, 0.4) is 0 Å².